The van der Waals surface area contributed by atoms with Gasteiger partial charge in [-0.3, -0.25) is 0 Å². The summed E-state index contributed by atoms with van der Waals surface area (Å²) in [5, 5.41) is 0. The molecule has 1 aromatic carbocycles. The zero-order chi connectivity index (χ0) is 24.8. The monoisotopic (exact) mass is 798 g/mol. The molecule has 0 saturated carbocycles. The molecular weight excluding hydrogens is 749 g/mol. The summed E-state index contributed by atoms with van der Waals surface area (Å²) in [6.45, 7) is 0. The molecule has 0 amide bonds. The Morgan fingerprint density at radius 3 is 1.17 bits per heavy atom. The normalized spacial score (nSPS) is 12.0. The van der Waals surface area contributed by atoms with Gasteiger partial charge in [0.1, 0.15) is 0 Å². The Morgan fingerprint density at radius 2 is 0.967 bits per heavy atom. The second kappa shape index (κ2) is 25.8. The van der Waals surface area contributed by atoms with Crippen LogP contribution in [0, 0.1) is 0 Å². The summed E-state index contributed by atoms with van der Waals surface area (Å²) in [6, 6.07) is 8.09. The molecule has 0 aromatic heterocycles. The van der Waals surface area contributed by atoms with E-state index in [1.165, 1.54) is 12.1 Å². The van der Waals surface area contributed by atoms with Gasteiger partial charge in [0.05, 0.1) is 0 Å². The summed E-state index contributed by atoms with van der Waals surface area (Å²) in [6.07, 6.45) is -4.34. The summed E-state index contributed by atoms with van der Waals surface area (Å²) in [5.41, 5.74) is 0.270. The molecule has 0 heterocycles. The predicted molar refractivity (Wildman–Crippen MR) is 140 cm³/mol. The summed E-state index contributed by atoms with van der Waals surface area (Å²) in [5.74, 6) is 25.1. The van der Waals surface area contributed by atoms with Crippen LogP contribution in [0.1, 0.15) is 5.56 Å². The van der Waals surface area contributed by atoms with Gasteiger partial charge < -0.3 is 0 Å². The van der Waals surface area contributed by atoms with E-state index < -0.39 is 39.6 Å². The number of hydrogen-bond acceptors (Lipinski definition) is 1. The van der Waals surface area contributed by atoms with E-state index in [1.807, 2.05) is 11.5 Å². The van der Waals surface area contributed by atoms with Crippen molar-refractivity contribution in [1.82, 2.24) is 0 Å². The van der Waals surface area contributed by atoms with Crippen molar-refractivity contribution < 1.29 is 16.9 Å². The van der Waals surface area contributed by atoms with E-state index in [1.54, 1.807) is 29.7 Å². The van der Waals surface area contributed by atoms with E-state index >= 15 is 0 Å². The van der Waals surface area contributed by atoms with Gasteiger partial charge in [-0.2, -0.15) is 0 Å². The first kappa shape index (κ1) is 39.4. The molecule has 1 aromatic rings. The molecule has 0 aliphatic rings. The van der Waals surface area contributed by atoms with Crippen molar-refractivity contribution in [3.63, 3.8) is 0 Å². The maximum atomic E-state index is 13.6. The van der Waals surface area contributed by atoms with E-state index in [-0.39, 0.29) is 5.56 Å². The summed E-state index contributed by atoms with van der Waals surface area (Å²) in [7, 11) is 0. The Labute approximate surface area is 221 Å². The van der Waals surface area contributed by atoms with Crippen LogP contribution >= 0.6 is 0 Å². The molecule has 0 N–H and O–H groups in total. The van der Waals surface area contributed by atoms with Crippen LogP contribution in [-0.2, 0) is 8.20 Å². The molecule has 10 heteroatoms. The minimum atomic E-state index is -4.34. The summed E-state index contributed by atoms with van der Waals surface area (Å²) in [4.78, 5) is 0. The predicted octanol–water partition coefficient (Wildman–Crippen LogP) is 7.15. The summed E-state index contributed by atoms with van der Waals surface area (Å²) < 4.78 is 44.4. The first-order valence-corrected chi connectivity index (χ1v) is 36.7. The molecule has 0 aliphatic carbocycles. The van der Waals surface area contributed by atoms with Gasteiger partial charge in [-0.05, 0) is 0 Å². The molecule has 0 bridgehead atoms. The van der Waals surface area contributed by atoms with Crippen molar-refractivity contribution in [1.29, 1.82) is 0 Å². The van der Waals surface area contributed by atoms with Crippen molar-refractivity contribution in [3.05, 3.63) is 35.9 Å². The van der Waals surface area contributed by atoms with E-state index in [0.717, 1.165) is 0 Å². The fraction of sp³-hybridized carbons (Fsp3) is 0.700. The summed E-state index contributed by atoms with van der Waals surface area (Å²) >= 11 is -2.50. The molecule has 1 atom stereocenters. The standard InChI is InChI=1S/C12H17F3Ge2O.4C2H6Ge/c1-16(2)11(12(13,14)15,18-17(3)4)10-8-6-5-7-9-10;4*1-3-2/h5-9H,1-4H3;4*1-2H3. The van der Waals surface area contributed by atoms with Crippen LogP contribution in [0.25, 0.3) is 0 Å². The van der Waals surface area contributed by atoms with Gasteiger partial charge in [0.15, 0.2) is 0 Å². The van der Waals surface area contributed by atoms with Crippen molar-refractivity contribution in [2.24, 2.45) is 0 Å². The molecule has 30 heavy (non-hydrogen) atoms. The van der Waals surface area contributed by atoms with Crippen LogP contribution in [0.2, 0.25) is 69.1 Å². The zero-order valence-corrected chi connectivity index (χ0v) is 33.5. The van der Waals surface area contributed by atoms with Crippen LogP contribution in [0.3, 0.4) is 0 Å². The average molecular weight is 790 g/mol. The molecule has 1 nitrogen and oxygen atoms in total. The van der Waals surface area contributed by atoms with Crippen molar-refractivity contribution in [2.75, 3.05) is 0 Å². The van der Waals surface area contributed by atoms with E-state index in [2.05, 4.69) is 46.0 Å². The van der Waals surface area contributed by atoms with Gasteiger partial charge in [-0.25, -0.2) is 0 Å². The molecule has 0 saturated heterocycles. The van der Waals surface area contributed by atoms with Crippen LogP contribution < -0.4 is 0 Å². The third kappa shape index (κ3) is 19.7. The zero-order valence-electron chi connectivity index (χ0n) is 20.9. The van der Waals surface area contributed by atoms with Crippen molar-refractivity contribution in [2.45, 2.75) is 79.7 Å². The average Bonchev–Trinajstić information content (AvgIpc) is 2.61. The van der Waals surface area contributed by atoms with Crippen molar-refractivity contribution in [3.8, 4) is 0 Å². The van der Waals surface area contributed by atoms with Gasteiger partial charge >= 0.3 is 223 Å². The fourth-order valence-corrected chi connectivity index (χ4v) is 11.3. The Balaban J connectivity index is -0.000000234. The Kier molecular flexibility index (Phi) is 34.0. The second-order valence-corrected chi connectivity index (χ2v) is 24.9. The minimum absolute atomic E-state index is 0.270. The molecule has 10 radical (unpaired) electrons. The first-order chi connectivity index (χ1) is 13.9. The molecule has 0 spiro atoms. The van der Waals surface area contributed by atoms with Gasteiger partial charge in [-0.1, -0.05) is 0 Å². The SMILES string of the molecule is [CH3][Ge]([CH3])[O][C](c1ccccc1)([Ge]([CH3])[CH3])C(F)(F)F.[CH3][Ge][CH3].[CH3][Ge][CH3].[CH3][Ge][CH3].[CH3][Ge][CH3]. The molecule has 0 fully saturated rings. The second-order valence-electron chi connectivity index (χ2n) is 6.56. The Morgan fingerprint density at radius 1 is 0.667 bits per heavy atom. The van der Waals surface area contributed by atoms with Crippen LogP contribution in [0.5, 0.6) is 0 Å². The van der Waals surface area contributed by atoms with Gasteiger partial charge in [0.2, 0.25) is 0 Å². The molecular formula is C20H41F3Ge6O. The third-order valence-electron chi connectivity index (χ3n) is 2.64. The number of halogens is 3. The van der Waals surface area contributed by atoms with Crippen molar-refractivity contribution >= 4 is 90.8 Å². The number of benzene rings is 1. The van der Waals surface area contributed by atoms with Crippen LogP contribution in [-0.4, -0.2) is 96.9 Å². The molecule has 1 unspecified atom stereocenters. The molecule has 0 aliphatic heterocycles. The molecule has 1 rings (SSSR count). The number of alkyl halides is 3. The van der Waals surface area contributed by atoms with Gasteiger partial charge in [-0.15, -0.1) is 0 Å². The topological polar surface area (TPSA) is 9.23 Å². The van der Waals surface area contributed by atoms with Gasteiger partial charge in [0.25, 0.3) is 0 Å². The number of hydrogen-bond donors (Lipinski definition) is 0. The van der Waals surface area contributed by atoms with E-state index in [9.17, 15) is 13.2 Å². The Bertz CT molecular complexity index is 440. The van der Waals surface area contributed by atoms with E-state index in [4.69, 9.17) is 3.76 Å². The van der Waals surface area contributed by atoms with Crippen LogP contribution in [0.4, 0.5) is 13.2 Å². The van der Waals surface area contributed by atoms with Crippen LogP contribution in [0.15, 0.2) is 30.3 Å². The number of rotatable bonds is 4. The van der Waals surface area contributed by atoms with E-state index in [0.29, 0.717) is 61.7 Å². The fourth-order valence-electron chi connectivity index (χ4n) is 1.93. The maximum absolute atomic E-state index is 13.6. The first-order valence-electron chi connectivity index (χ1n) is 9.64. The third-order valence-corrected chi connectivity index (χ3v) is 9.41. The molecule has 172 valence electrons. The Hall–Kier alpha value is 2.23. The quantitative estimate of drug-likeness (QED) is 0.295. The van der Waals surface area contributed by atoms with Gasteiger partial charge in [0, 0.05) is 0 Å².